The van der Waals surface area contributed by atoms with Crippen molar-refractivity contribution < 1.29 is 33.4 Å². The van der Waals surface area contributed by atoms with Crippen LogP contribution in [0.3, 0.4) is 0 Å². The van der Waals surface area contributed by atoms with Crippen LogP contribution in [0, 0.1) is 0 Å². The minimum atomic E-state index is -1.22. The topological polar surface area (TPSA) is 143 Å². The highest BCUT2D eigenvalue weighted by Gasteiger charge is 2.43. The third kappa shape index (κ3) is 9.94. The molecule has 0 aliphatic carbocycles. The van der Waals surface area contributed by atoms with Gasteiger partial charge in [-0.15, -0.1) is 0 Å². The van der Waals surface area contributed by atoms with E-state index in [1.54, 1.807) is 41.0 Å². The number of carbonyl (C=O) groups is 4. The number of hydrogen-bond acceptors (Lipinski definition) is 9. The van der Waals surface area contributed by atoms with Crippen LogP contribution < -0.4 is 20.1 Å². The second kappa shape index (κ2) is 16.5. The number of fused-ring (bicyclic) bond motifs is 1. The van der Waals surface area contributed by atoms with Crippen LogP contribution in [-0.2, 0) is 19.1 Å². The molecule has 0 radical (unpaired) electrons. The molecule has 0 bridgehead atoms. The van der Waals surface area contributed by atoms with Crippen molar-refractivity contribution in [3.8, 4) is 22.8 Å². The van der Waals surface area contributed by atoms with E-state index in [0.29, 0.717) is 29.3 Å². The highest BCUT2D eigenvalue weighted by molar-refractivity contribution is 5.93. The van der Waals surface area contributed by atoms with Gasteiger partial charge in [-0.25, -0.2) is 9.78 Å². The molecule has 4 rings (SSSR count). The zero-order valence-corrected chi connectivity index (χ0v) is 30.1. The van der Waals surface area contributed by atoms with E-state index in [9.17, 15) is 19.2 Å². The molecule has 268 valence electrons. The maximum atomic E-state index is 14.3. The summed E-state index contributed by atoms with van der Waals surface area (Å²) in [5, 5.41) is 6.03. The van der Waals surface area contributed by atoms with E-state index in [2.05, 4.69) is 10.6 Å². The summed E-state index contributed by atoms with van der Waals surface area (Å²) in [4.78, 5) is 62.9. The lowest BCUT2D eigenvalue weighted by Crippen LogP contribution is -2.57. The average Bonchev–Trinajstić information content (AvgIpc) is 3.49. The van der Waals surface area contributed by atoms with Gasteiger partial charge in [0, 0.05) is 56.2 Å². The van der Waals surface area contributed by atoms with E-state index in [-0.39, 0.29) is 31.3 Å². The lowest BCUT2D eigenvalue weighted by molar-refractivity contribution is -0.140. The maximum absolute atomic E-state index is 14.3. The lowest BCUT2D eigenvalue weighted by atomic mass is 10.1. The van der Waals surface area contributed by atoms with Gasteiger partial charge in [-0.3, -0.25) is 14.4 Å². The second-order valence-corrected chi connectivity index (χ2v) is 13.4. The van der Waals surface area contributed by atoms with E-state index in [4.69, 9.17) is 19.2 Å². The summed E-state index contributed by atoms with van der Waals surface area (Å²) >= 11 is 0. The molecule has 1 aliphatic rings. The fourth-order valence-corrected chi connectivity index (χ4v) is 5.57. The van der Waals surface area contributed by atoms with Crippen LogP contribution in [0.15, 0.2) is 66.7 Å². The molecule has 2 heterocycles. The average molecular weight is 689 g/mol. The van der Waals surface area contributed by atoms with Crippen LogP contribution >= 0.6 is 0 Å². The number of likely N-dealkylation sites (N-methyl/N-ethyl adjacent to an activating group) is 3. The lowest BCUT2D eigenvalue weighted by Gasteiger charge is -2.31. The number of pyridine rings is 1. The molecule has 3 aromatic rings. The minimum absolute atomic E-state index is 0.0461. The molecule has 13 nitrogen and oxygen atoms in total. The fraction of sp³-hybridized carbons (Fsp3) is 0.432. The monoisotopic (exact) mass is 688 g/mol. The third-order valence-electron chi connectivity index (χ3n) is 7.99. The Labute approximate surface area is 293 Å². The van der Waals surface area contributed by atoms with Crippen molar-refractivity contribution in [2.75, 3.05) is 54.9 Å². The Morgan fingerprint density at radius 2 is 1.78 bits per heavy atom. The van der Waals surface area contributed by atoms with Gasteiger partial charge in [0.25, 0.3) is 0 Å². The summed E-state index contributed by atoms with van der Waals surface area (Å²) in [6.07, 6.45) is 1.90. The van der Waals surface area contributed by atoms with E-state index in [1.165, 1.54) is 22.9 Å². The largest absolute Gasteiger partial charge is 0.497 e. The number of amides is 4. The van der Waals surface area contributed by atoms with Crippen LogP contribution in [0.25, 0.3) is 22.2 Å². The highest BCUT2D eigenvalue weighted by atomic mass is 16.6. The normalized spacial score (nSPS) is 16.7. The van der Waals surface area contributed by atoms with Crippen molar-refractivity contribution in [2.45, 2.75) is 51.0 Å². The fourth-order valence-electron chi connectivity index (χ4n) is 5.57. The quantitative estimate of drug-likeness (QED) is 0.274. The van der Waals surface area contributed by atoms with Crippen molar-refractivity contribution in [3.05, 3.63) is 66.7 Å². The van der Waals surface area contributed by atoms with Crippen LogP contribution in [0.5, 0.6) is 11.5 Å². The summed E-state index contributed by atoms with van der Waals surface area (Å²) in [6, 6.07) is 14.9. The van der Waals surface area contributed by atoms with Gasteiger partial charge in [0.05, 0.1) is 31.4 Å². The van der Waals surface area contributed by atoms with Crippen LogP contribution in [0.4, 0.5) is 4.79 Å². The zero-order valence-electron chi connectivity index (χ0n) is 30.1. The van der Waals surface area contributed by atoms with Crippen LogP contribution in [-0.4, -0.2) is 122 Å². The molecule has 1 aromatic heterocycles. The number of nitrogens with zero attached hydrogens (tertiary/aromatic N) is 4. The minimum Gasteiger partial charge on any atom is -0.497 e. The third-order valence-corrected chi connectivity index (χ3v) is 7.99. The van der Waals surface area contributed by atoms with Gasteiger partial charge in [0.15, 0.2) is 0 Å². The molecule has 0 saturated carbocycles. The number of likely N-dealkylation sites (tertiary alicyclic amines) is 1. The number of ether oxygens (including phenoxy) is 3. The number of rotatable bonds is 12. The molecule has 1 aliphatic heterocycles. The molecular weight excluding hydrogens is 640 g/mol. The Kier molecular flexibility index (Phi) is 12.4. The van der Waals surface area contributed by atoms with Gasteiger partial charge in [-0.05, 0) is 47.0 Å². The number of methoxy groups -OCH3 is 1. The van der Waals surface area contributed by atoms with E-state index in [1.807, 2.05) is 73.6 Å². The number of carbonyl (C=O) groups excluding carboxylic acids is 4. The van der Waals surface area contributed by atoms with Gasteiger partial charge < -0.3 is 39.5 Å². The first-order valence-electron chi connectivity index (χ1n) is 16.5. The second-order valence-electron chi connectivity index (χ2n) is 13.4. The van der Waals surface area contributed by atoms with E-state index >= 15 is 0 Å². The van der Waals surface area contributed by atoms with E-state index in [0.717, 1.165) is 10.9 Å². The number of hydrogen-bond donors (Lipinski definition) is 2. The smallest absolute Gasteiger partial charge is 0.408 e. The Morgan fingerprint density at radius 1 is 1.06 bits per heavy atom. The first kappa shape index (κ1) is 37.6. The number of aromatic nitrogens is 1. The van der Waals surface area contributed by atoms with Crippen molar-refractivity contribution in [1.29, 1.82) is 0 Å². The number of benzene rings is 2. The molecule has 3 atom stereocenters. The highest BCUT2D eigenvalue weighted by Crippen LogP contribution is 2.34. The number of alkyl carbamates (subject to hydrolysis) is 1. The van der Waals surface area contributed by atoms with Crippen molar-refractivity contribution in [2.24, 2.45) is 0 Å². The zero-order chi connectivity index (χ0) is 36.6. The first-order chi connectivity index (χ1) is 23.7. The van der Waals surface area contributed by atoms with Crippen LogP contribution in [0.2, 0.25) is 0 Å². The summed E-state index contributed by atoms with van der Waals surface area (Å²) in [5.74, 6) is -0.118. The van der Waals surface area contributed by atoms with Crippen molar-refractivity contribution >= 4 is 34.7 Å². The molecule has 4 amide bonds. The summed E-state index contributed by atoms with van der Waals surface area (Å²) in [6.45, 7) is 5.56. The molecule has 2 N–H and O–H groups in total. The summed E-state index contributed by atoms with van der Waals surface area (Å²) < 4.78 is 17.5. The Balaban J connectivity index is 1.65. The standard InChI is InChI=1S/C37H48N6O7/c1-37(2,3)50-36(47)40-30(23-42(7)33(44)15-12-18-41(5)6)35(46)43-22-26(20-31(43)34(45)38-4)49-32-21-28(24-13-10-9-11-14-24)39-29-19-25(48-8)16-17-27(29)32/h9-17,19,21,26,30-31H,18,20,22-23H2,1-8H3,(H,38,45)(H,40,47)/b15-12+/t26-,30+,31+/m1/s1. The molecule has 0 spiro atoms. The predicted octanol–water partition coefficient (Wildman–Crippen LogP) is 3.47. The van der Waals surface area contributed by atoms with Gasteiger partial charge in [-0.1, -0.05) is 36.4 Å². The van der Waals surface area contributed by atoms with Gasteiger partial charge >= 0.3 is 6.09 Å². The first-order valence-corrected chi connectivity index (χ1v) is 16.5. The Bertz CT molecular complexity index is 1710. The molecule has 50 heavy (non-hydrogen) atoms. The van der Waals surface area contributed by atoms with Gasteiger partial charge in [0.1, 0.15) is 35.3 Å². The SMILES string of the molecule is CNC(=O)[C@@H]1C[C@@H](Oc2cc(-c3ccccc3)nc3cc(OC)ccc23)CN1C(=O)[C@H](CN(C)C(=O)/C=C/CN(C)C)NC(=O)OC(C)(C)C. The molecular formula is C37H48N6O7. The maximum Gasteiger partial charge on any atom is 0.408 e. The van der Waals surface area contributed by atoms with Crippen molar-refractivity contribution in [3.63, 3.8) is 0 Å². The molecule has 1 fully saturated rings. The molecule has 13 heteroatoms. The molecule has 0 unspecified atom stereocenters. The Morgan fingerprint density at radius 3 is 2.42 bits per heavy atom. The van der Waals surface area contributed by atoms with E-state index < -0.39 is 35.8 Å². The summed E-state index contributed by atoms with van der Waals surface area (Å²) in [5.41, 5.74) is 1.40. The van der Waals surface area contributed by atoms with Crippen molar-refractivity contribution in [1.82, 2.24) is 30.3 Å². The van der Waals surface area contributed by atoms with Gasteiger partial charge in [-0.2, -0.15) is 0 Å². The molecule has 1 saturated heterocycles. The number of nitrogens with one attached hydrogen (secondary N) is 2. The Hall–Kier alpha value is -5.17. The summed E-state index contributed by atoms with van der Waals surface area (Å²) in [7, 11) is 8.38. The molecule has 2 aromatic carbocycles. The predicted molar refractivity (Wildman–Crippen MR) is 191 cm³/mol. The van der Waals surface area contributed by atoms with Gasteiger partial charge in [0.2, 0.25) is 17.7 Å². The van der Waals surface area contributed by atoms with Crippen LogP contribution in [0.1, 0.15) is 27.2 Å².